The number of alkyl halides is 3. The molecule has 0 unspecified atom stereocenters. The number of anilines is 1. The zero-order valence-electron chi connectivity index (χ0n) is 18.6. The van der Waals surface area contributed by atoms with Crippen LogP contribution in [-0.4, -0.2) is 40.4 Å². The number of amides is 1. The average molecular weight is 465 g/mol. The molecule has 1 aromatic carbocycles. The van der Waals surface area contributed by atoms with Crippen LogP contribution in [0.1, 0.15) is 61.9 Å². The van der Waals surface area contributed by atoms with Crippen LogP contribution in [-0.2, 0) is 17.4 Å². The van der Waals surface area contributed by atoms with Crippen molar-refractivity contribution in [1.29, 1.82) is 0 Å². The Balaban J connectivity index is 1.44. The lowest BCUT2D eigenvalue weighted by molar-refractivity contribution is -0.137. The van der Waals surface area contributed by atoms with Gasteiger partial charge in [0.2, 0.25) is 5.91 Å². The summed E-state index contributed by atoms with van der Waals surface area (Å²) in [4.78, 5) is 23.5. The minimum atomic E-state index is -4.38. The van der Waals surface area contributed by atoms with Crippen molar-refractivity contribution in [3.8, 4) is 0 Å². The van der Waals surface area contributed by atoms with Gasteiger partial charge >= 0.3 is 6.18 Å². The van der Waals surface area contributed by atoms with Crippen molar-refractivity contribution in [2.45, 2.75) is 57.7 Å². The molecule has 0 bridgehead atoms. The third kappa shape index (κ3) is 5.28. The lowest BCUT2D eigenvalue weighted by atomic mass is 9.91. The molecule has 1 amide bonds. The van der Waals surface area contributed by atoms with E-state index >= 15 is 4.39 Å². The Bertz CT molecular complexity index is 971. The van der Waals surface area contributed by atoms with Gasteiger partial charge in [-0.2, -0.15) is 13.2 Å². The highest BCUT2D eigenvalue weighted by Crippen LogP contribution is 2.38. The first-order chi connectivity index (χ1) is 15.7. The summed E-state index contributed by atoms with van der Waals surface area (Å²) in [5.74, 6) is 0.282. The van der Waals surface area contributed by atoms with E-state index < -0.39 is 17.6 Å². The van der Waals surface area contributed by atoms with Crippen LogP contribution in [0.25, 0.3) is 0 Å². The fraction of sp³-hybridized carbons (Fsp3) is 0.542. The molecule has 178 valence electrons. The van der Waals surface area contributed by atoms with E-state index in [1.807, 2.05) is 9.80 Å². The molecule has 2 fully saturated rings. The lowest BCUT2D eigenvalue weighted by Gasteiger charge is -2.31. The molecule has 4 rings (SSSR count). The average Bonchev–Trinajstić information content (AvgIpc) is 3.28. The number of likely N-dealkylation sites (tertiary alicyclic amines) is 1. The third-order valence-corrected chi connectivity index (χ3v) is 6.84. The van der Waals surface area contributed by atoms with Crippen LogP contribution < -0.4 is 4.90 Å². The summed E-state index contributed by atoms with van der Waals surface area (Å²) in [5.41, 5.74) is 0.393. The van der Waals surface area contributed by atoms with Crippen LogP contribution in [0.3, 0.4) is 0 Å². The van der Waals surface area contributed by atoms with E-state index in [1.165, 1.54) is 18.5 Å². The number of hydrogen-bond acceptors (Lipinski definition) is 4. The number of aryl methyl sites for hydroxylation is 1. The van der Waals surface area contributed by atoms with Crippen molar-refractivity contribution in [2.24, 2.45) is 5.92 Å². The van der Waals surface area contributed by atoms with E-state index in [0.29, 0.717) is 24.6 Å². The third-order valence-electron chi connectivity index (χ3n) is 6.84. The predicted octanol–water partition coefficient (Wildman–Crippen LogP) is 5.17. The van der Waals surface area contributed by atoms with Crippen LogP contribution in [0, 0.1) is 11.7 Å². The topological polar surface area (TPSA) is 49.3 Å². The van der Waals surface area contributed by atoms with E-state index in [-0.39, 0.29) is 17.8 Å². The fourth-order valence-corrected chi connectivity index (χ4v) is 4.91. The number of benzene rings is 1. The molecule has 1 aromatic heterocycles. The second-order valence-corrected chi connectivity index (χ2v) is 8.92. The second-order valence-electron chi connectivity index (χ2n) is 8.92. The molecule has 2 saturated heterocycles. The van der Waals surface area contributed by atoms with E-state index in [2.05, 4.69) is 9.97 Å². The Morgan fingerprint density at radius 3 is 2.39 bits per heavy atom. The molecule has 33 heavy (non-hydrogen) atoms. The molecule has 0 aliphatic carbocycles. The molecular formula is C24H28F4N4O. The molecule has 1 atom stereocenters. The van der Waals surface area contributed by atoms with Gasteiger partial charge in [0.05, 0.1) is 17.3 Å². The maximum atomic E-state index is 15.4. The first kappa shape index (κ1) is 23.4. The Hall–Kier alpha value is -2.71. The molecule has 0 N–H and O–H groups in total. The summed E-state index contributed by atoms with van der Waals surface area (Å²) in [6.45, 7) is 3.64. The molecule has 0 spiro atoms. The highest BCUT2D eigenvalue weighted by atomic mass is 19.4. The van der Waals surface area contributed by atoms with E-state index in [1.54, 1.807) is 6.92 Å². The molecule has 0 saturated carbocycles. The summed E-state index contributed by atoms with van der Waals surface area (Å²) >= 11 is 0. The van der Waals surface area contributed by atoms with Gasteiger partial charge in [0.1, 0.15) is 6.33 Å². The second kappa shape index (κ2) is 9.65. The number of aromatic nitrogens is 2. The highest BCUT2D eigenvalue weighted by Gasteiger charge is 2.33. The van der Waals surface area contributed by atoms with Gasteiger partial charge in [0, 0.05) is 26.6 Å². The molecule has 2 aliphatic heterocycles. The molecular weight excluding hydrogens is 436 g/mol. The Labute approximate surface area is 190 Å². The van der Waals surface area contributed by atoms with Crippen molar-refractivity contribution >= 4 is 11.7 Å². The minimum absolute atomic E-state index is 0.0909. The van der Waals surface area contributed by atoms with Crippen molar-refractivity contribution < 1.29 is 22.4 Å². The monoisotopic (exact) mass is 464 g/mol. The molecule has 5 nitrogen and oxygen atoms in total. The van der Waals surface area contributed by atoms with Gasteiger partial charge in [-0.3, -0.25) is 4.79 Å². The fourth-order valence-electron chi connectivity index (χ4n) is 4.91. The lowest BCUT2D eigenvalue weighted by Crippen LogP contribution is -2.37. The Morgan fingerprint density at radius 2 is 1.76 bits per heavy atom. The van der Waals surface area contributed by atoms with Gasteiger partial charge in [-0.1, -0.05) is 12.1 Å². The van der Waals surface area contributed by atoms with Gasteiger partial charge in [0.25, 0.3) is 0 Å². The van der Waals surface area contributed by atoms with Crippen LogP contribution >= 0.6 is 0 Å². The molecule has 0 radical (unpaired) electrons. The number of halogens is 4. The van der Waals surface area contributed by atoms with Gasteiger partial charge in [-0.15, -0.1) is 0 Å². The van der Waals surface area contributed by atoms with Crippen molar-refractivity contribution in [1.82, 2.24) is 14.9 Å². The number of hydrogen-bond donors (Lipinski definition) is 0. The maximum absolute atomic E-state index is 15.4. The van der Waals surface area contributed by atoms with Crippen molar-refractivity contribution in [2.75, 3.05) is 24.5 Å². The van der Waals surface area contributed by atoms with Gasteiger partial charge in [0.15, 0.2) is 11.6 Å². The molecule has 2 aromatic rings. The molecule has 9 heteroatoms. The van der Waals surface area contributed by atoms with Gasteiger partial charge in [-0.25, -0.2) is 14.4 Å². The highest BCUT2D eigenvalue weighted by molar-refractivity contribution is 5.73. The predicted molar refractivity (Wildman–Crippen MR) is 116 cm³/mol. The Kier molecular flexibility index (Phi) is 6.86. The summed E-state index contributed by atoms with van der Waals surface area (Å²) in [5, 5.41) is 0. The number of piperidine rings is 1. The van der Waals surface area contributed by atoms with Gasteiger partial charge < -0.3 is 9.80 Å². The first-order valence-electron chi connectivity index (χ1n) is 11.4. The van der Waals surface area contributed by atoms with E-state index in [9.17, 15) is 18.0 Å². The van der Waals surface area contributed by atoms with Gasteiger partial charge in [-0.05, 0) is 62.1 Å². The number of nitrogens with zero attached hydrogens (tertiary/aromatic N) is 4. The standard InChI is InChI=1S/C24H28F4N4O/c1-16(33)31-13-10-17(11-14-31)4-9-20-22(25)23(30-15-29-20)32-12-2-3-21(32)18-5-7-19(8-6-18)24(26,27)28/h5-8,15,17,21H,2-4,9-14H2,1H3/t21-/m1/s1. The summed E-state index contributed by atoms with van der Waals surface area (Å²) < 4.78 is 54.1. The first-order valence-corrected chi connectivity index (χ1v) is 11.4. The van der Waals surface area contributed by atoms with E-state index in [4.69, 9.17) is 0 Å². The van der Waals surface area contributed by atoms with Crippen molar-refractivity contribution in [3.05, 3.63) is 53.2 Å². The number of carbonyl (C=O) groups excluding carboxylic acids is 1. The Morgan fingerprint density at radius 1 is 1.06 bits per heavy atom. The maximum Gasteiger partial charge on any atom is 0.416 e. The minimum Gasteiger partial charge on any atom is -0.347 e. The number of rotatable bonds is 5. The van der Waals surface area contributed by atoms with Crippen LogP contribution in [0.4, 0.5) is 23.4 Å². The summed E-state index contributed by atoms with van der Waals surface area (Å²) in [6, 6.07) is 4.87. The zero-order valence-corrected chi connectivity index (χ0v) is 18.6. The largest absolute Gasteiger partial charge is 0.416 e. The number of carbonyl (C=O) groups is 1. The van der Waals surface area contributed by atoms with E-state index in [0.717, 1.165) is 62.9 Å². The van der Waals surface area contributed by atoms with Crippen LogP contribution in [0.15, 0.2) is 30.6 Å². The van der Waals surface area contributed by atoms with Crippen molar-refractivity contribution in [3.63, 3.8) is 0 Å². The smallest absolute Gasteiger partial charge is 0.347 e. The summed E-state index contributed by atoms with van der Waals surface area (Å²) in [7, 11) is 0. The SMILES string of the molecule is CC(=O)N1CCC(CCc2ncnc(N3CCC[C@@H]3c3ccc(C(F)(F)F)cc3)c2F)CC1. The zero-order chi connectivity index (χ0) is 23.6. The van der Waals surface area contributed by atoms with Crippen LogP contribution in [0.5, 0.6) is 0 Å². The van der Waals surface area contributed by atoms with Crippen LogP contribution in [0.2, 0.25) is 0 Å². The quantitative estimate of drug-likeness (QED) is 0.573. The molecule has 2 aliphatic rings. The summed E-state index contributed by atoms with van der Waals surface area (Å²) in [6.07, 6.45) is 1.60. The molecule has 3 heterocycles. The normalized spacial score (nSPS) is 19.8.